The van der Waals surface area contributed by atoms with E-state index in [-0.39, 0.29) is 0 Å². The molecule has 0 saturated heterocycles. The Labute approximate surface area is 121 Å². The van der Waals surface area contributed by atoms with Gasteiger partial charge in [0.25, 0.3) is 0 Å². The van der Waals surface area contributed by atoms with E-state index in [9.17, 15) is 0 Å². The fourth-order valence-corrected chi connectivity index (χ4v) is 2.05. The van der Waals surface area contributed by atoms with Crippen LogP contribution < -0.4 is 15.2 Å². The summed E-state index contributed by atoms with van der Waals surface area (Å²) in [5.74, 6) is 1.67. The van der Waals surface area contributed by atoms with Gasteiger partial charge in [0, 0.05) is 10.2 Å². The normalized spacial score (nSPS) is 10.3. The molecule has 2 N–H and O–H groups in total. The number of rotatable bonds is 4. The second kappa shape index (κ2) is 5.97. The number of hydrogen-bond acceptors (Lipinski definition) is 3. The largest absolute Gasteiger partial charge is 0.497 e. The number of aryl methyl sites for hydroxylation is 1. The first-order valence-corrected chi connectivity index (χ1v) is 6.71. The highest BCUT2D eigenvalue weighted by molar-refractivity contribution is 9.10. The SMILES string of the molecule is COc1ccc(COc2cc(Br)c(N)cc2C)cc1. The highest BCUT2D eigenvalue weighted by Gasteiger charge is 2.05. The third-order valence-electron chi connectivity index (χ3n) is 2.85. The van der Waals surface area contributed by atoms with E-state index in [0.29, 0.717) is 12.3 Å². The molecule has 0 radical (unpaired) electrons. The van der Waals surface area contributed by atoms with Crippen LogP contribution in [0.1, 0.15) is 11.1 Å². The molecule has 0 atom stereocenters. The molecule has 2 aromatic carbocycles. The summed E-state index contributed by atoms with van der Waals surface area (Å²) in [4.78, 5) is 0. The summed E-state index contributed by atoms with van der Waals surface area (Å²) in [6, 6.07) is 11.6. The molecule has 3 nitrogen and oxygen atoms in total. The molecule has 4 heteroatoms. The molecule has 0 aromatic heterocycles. The quantitative estimate of drug-likeness (QED) is 0.868. The smallest absolute Gasteiger partial charge is 0.123 e. The number of anilines is 1. The zero-order valence-electron chi connectivity index (χ0n) is 10.9. The van der Waals surface area contributed by atoms with Crippen LogP contribution in [-0.2, 0) is 6.61 Å². The highest BCUT2D eigenvalue weighted by Crippen LogP contribution is 2.29. The molecule has 0 amide bonds. The monoisotopic (exact) mass is 321 g/mol. The van der Waals surface area contributed by atoms with Gasteiger partial charge in [0.2, 0.25) is 0 Å². The van der Waals surface area contributed by atoms with E-state index >= 15 is 0 Å². The number of ether oxygens (including phenoxy) is 2. The van der Waals surface area contributed by atoms with Gasteiger partial charge in [-0.05, 0) is 58.2 Å². The Kier molecular flexibility index (Phi) is 4.32. The van der Waals surface area contributed by atoms with E-state index in [0.717, 1.165) is 27.1 Å². The predicted molar refractivity (Wildman–Crippen MR) is 80.6 cm³/mol. The van der Waals surface area contributed by atoms with Gasteiger partial charge in [-0.25, -0.2) is 0 Å². The molecular formula is C15H16BrNO2. The number of hydrogen-bond donors (Lipinski definition) is 1. The van der Waals surface area contributed by atoms with Crippen LogP contribution in [0.15, 0.2) is 40.9 Å². The Balaban J connectivity index is 2.07. The van der Waals surface area contributed by atoms with E-state index in [2.05, 4.69) is 15.9 Å². The summed E-state index contributed by atoms with van der Waals surface area (Å²) < 4.78 is 11.8. The number of benzene rings is 2. The average Bonchev–Trinajstić information content (AvgIpc) is 2.42. The summed E-state index contributed by atoms with van der Waals surface area (Å²) >= 11 is 3.40. The summed E-state index contributed by atoms with van der Waals surface area (Å²) in [7, 11) is 1.65. The first kappa shape index (κ1) is 13.7. The lowest BCUT2D eigenvalue weighted by molar-refractivity contribution is 0.303. The molecule has 0 saturated carbocycles. The number of nitrogens with two attached hydrogens (primary N) is 1. The minimum atomic E-state index is 0.515. The van der Waals surface area contributed by atoms with Gasteiger partial charge in [-0.1, -0.05) is 12.1 Å². The summed E-state index contributed by atoms with van der Waals surface area (Å²) in [5.41, 5.74) is 8.64. The lowest BCUT2D eigenvalue weighted by Gasteiger charge is -2.11. The first-order valence-electron chi connectivity index (χ1n) is 5.91. The van der Waals surface area contributed by atoms with Gasteiger partial charge in [0.05, 0.1) is 7.11 Å². The third-order valence-corrected chi connectivity index (χ3v) is 3.53. The molecule has 0 aliphatic rings. The molecule has 0 spiro atoms. The van der Waals surface area contributed by atoms with E-state index < -0.39 is 0 Å². The third kappa shape index (κ3) is 3.41. The van der Waals surface area contributed by atoms with Crippen LogP contribution in [0.3, 0.4) is 0 Å². The highest BCUT2D eigenvalue weighted by atomic mass is 79.9. The van der Waals surface area contributed by atoms with Crippen LogP contribution in [0, 0.1) is 6.92 Å². The minimum Gasteiger partial charge on any atom is -0.497 e. The first-order chi connectivity index (χ1) is 9.10. The maximum Gasteiger partial charge on any atom is 0.123 e. The number of methoxy groups -OCH3 is 1. The lowest BCUT2D eigenvalue weighted by Crippen LogP contribution is -1.98. The molecule has 0 heterocycles. The maximum atomic E-state index is 5.81. The van der Waals surface area contributed by atoms with Crippen molar-refractivity contribution in [3.05, 3.63) is 52.0 Å². The molecule has 100 valence electrons. The molecule has 0 aliphatic carbocycles. The summed E-state index contributed by atoms with van der Waals surface area (Å²) in [6.45, 7) is 2.49. The molecular weight excluding hydrogens is 306 g/mol. The summed E-state index contributed by atoms with van der Waals surface area (Å²) in [5, 5.41) is 0. The van der Waals surface area contributed by atoms with Gasteiger partial charge in [-0.2, -0.15) is 0 Å². The van der Waals surface area contributed by atoms with Gasteiger partial charge < -0.3 is 15.2 Å². The molecule has 0 bridgehead atoms. The zero-order valence-corrected chi connectivity index (χ0v) is 12.5. The molecule has 2 aromatic rings. The van der Waals surface area contributed by atoms with Crippen LogP contribution >= 0.6 is 15.9 Å². The van der Waals surface area contributed by atoms with Crippen molar-refractivity contribution >= 4 is 21.6 Å². The van der Waals surface area contributed by atoms with E-state index in [4.69, 9.17) is 15.2 Å². The topological polar surface area (TPSA) is 44.5 Å². The molecule has 0 aliphatic heterocycles. The maximum absolute atomic E-state index is 5.81. The van der Waals surface area contributed by atoms with Crippen molar-refractivity contribution in [2.45, 2.75) is 13.5 Å². The Hall–Kier alpha value is -1.68. The van der Waals surface area contributed by atoms with Crippen molar-refractivity contribution in [1.29, 1.82) is 0 Å². The Bertz CT molecular complexity index is 567. The Morgan fingerprint density at radius 1 is 1.16 bits per heavy atom. The van der Waals surface area contributed by atoms with E-state index in [1.807, 2.05) is 43.3 Å². The molecule has 2 rings (SSSR count). The second-order valence-corrected chi connectivity index (χ2v) is 5.13. The van der Waals surface area contributed by atoms with Crippen LogP contribution in [0.4, 0.5) is 5.69 Å². The van der Waals surface area contributed by atoms with Gasteiger partial charge in [-0.15, -0.1) is 0 Å². The molecule has 0 unspecified atom stereocenters. The Morgan fingerprint density at radius 2 is 1.84 bits per heavy atom. The van der Waals surface area contributed by atoms with Crippen LogP contribution in [0.2, 0.25) is 0 Å². The van der Waals surface area contributed by atoms with Crippen LogP contribution in [0.25, 0.3) is 0 Å². The van der Waals surface area contributed by atoms with Crippen LogP contribution in [-0.4, -0.2) is 7.11 Å². The van der Waals surface area contributed by atoms with Gasteiger partial charge in [0.15, 0.2) is 0 Å². The zero-order chi connectivity index (χ0) is 13.8. The van der Waals surface area contributed by atoms with Crippen LogP contribution in [0.5, 0.6) is 11.5 Å². The molecule has 19 heavy (non-hydrogen) atoms. The fourth-order valence-electron chi connectivity index (χ4n) is 1.72. The van der Waals surface area contributed by atoms with Gasteiger partial charge in [-0.3, -0.25) is 0 Å². The average molecular weight is 322 g/mol. The summed E-state index contributed by atoms with van der Waals surface area (Å²) in [6.07, 6.45) is 0. The van der Waals surface area contributed by atoms with Crippen molar-refractivity contribution in [2.75, 3.05) is 12.8 Å². The van der Waals surface area contributed by atoms with Crippen molar-refractivity contribution in [1.82, 2.24) is 0 Å². The van der Waals surface area contributed by atoms with Crippen molar-refractivity contribution < 1.29 is 9.47 Å². The van der Waals surface area contributed by atoms with E-state index in [1.54, 1.807) is 7.11 Å². The predicted octanol–water partition coefficient (Wildman–Crippen LogP) is 3.93. The van der Waals surface area contributed by atoms with Crippen molar-refractivity contribution in [3.8, 4) is 11.5 Å². The van der Waals surface area contributed by atoms with Gasteiger partial charge >= 0.3 is 0 Å². The van der Waals surface area contributed by atoms with Crippen molar-refractivity contribution in [3.63, 3.8) is 0 Å². The standard InChI is InChI=1S/C15H16BrNO2/c1-10-7-14(17)13(16)8-15(10)19-9-11-3-5-12(18-2)6-4-11/h3-8H,9,17H2,1-2H3. The molecule has 0 fully saturated rings. The Morgan fingerprint density at radius 3 is 2.47 bits per heavy atom. The lowest BCUT2D eigenvalue weighted by atomic mass is 10.2. The van der Waals surface area contributed by atoms with E-state index in [1.165, 1.54) is 0 Å². The van der Waals surface area contributed by atoms with Crippen molar-refractivity contribution in [2.24, 2.45) is 0 Å². The second-order valence-electron chi connectivity index (χ2n) is 4.28. The number of halogens is 1. The minimum absolute atomic E-state index is 0.515. The number of nitrogen functional groups attached to an aromatic ring is 1. The fraction of sp³-hybridized carbons (Fsp3) is 0.200. The van der Waals surface area contributed by atoms with Gasteiger partial charge in [0.1, 0.15) is 18.1 Å².